The standard InChI is InChI=1S/C18H25NO2S/c1-2-3-4-6-16-13-17(15-18(22)14-16)21-10-5-7-19-8-11-20-12-9-19/h13-15,22H,2-3,5,7-12H2,1H3. The van der Waals surface area contributed by atoms with Gasteiger partial charge in [0.1, 0.15) is 5.75 Å². The van der Waals surface area contributed by atoms with Crippen LogP contribution in [0.4, 0.5) is 0 Å². The predicted molar refractivity (Wildman–Crippen MR) is 92.9 cm³/mol. The van der Waals surface area contributed by atoms with Gasteiger partial charge in [-0.2, -0.15) is 0 Å². The molecule has 0 atom stereocenters. The molecule has 0 N–H and O–H groups in total. The monoisotopic (exact) mass is 319 g/mol. The summed E-state index contributed by atoms with van der Waals surface area (Å²) in [6.45, 7) is 7.67. The Hall–Kier alpha value is -1.15. The van der Waals surface area contributed by atoms with Gasteiger partial charge in [-0.05, 0) is 31.0 Å². The van der Waals surface area contributed by atoms with Crippen LogP contribution < -0.4 is 4.74 Å². The lowest BCUT2D eigenvalue weighted by molar-refractivity contribution is 0.0358. The highest BCUT2D eigenvalue weighted by Gasteiger charge is 2.09. The lowest BCUT2D eigenvalue weighted by atomic mass is 10.2. The number of hydrogen-bond donors (Lipinski definition) is 1. The third kappa shape index (κ3) is 6.31. The van der Waals surface area contributed by atoms with E-state index in [0.717, 1.165) is 74.9 Å². The zero-order valence-corrected chi connectivity index (χ0v) is 14.2. The molecule has 0 amide bonds. The molecule has 0 bridgehead atoms. The van der Waals surface area contributed by atoms with Crippen LogP contribution >= 0.6 is 12.6 Å². The van der Waals surface area contributed by atoms with E-state index in [4.69, 9.17) is 9.47 Å². The maximum Gasteiger partial charge on any atom is 0.121 e. The molecular weight excluding hydrogens is 294 g/mol. The molecule has 1 aliphatic rings. The van der Waals surface area contributed by atoms with E-state index in [9.17, 15) is 0 Å². The summed E-state index contributed by atoms with van der Waals surface area (Å²) in [6.07, 6.45) is 3.03. The molecule has 2 rings (SSSR count). The van der Waals surface area contributed by atoms with Crippen molar-refractivity contribution < 1.29 is 9.47 Å². The summed E-state index contributed by atoms with van der Waals surface area (Å²) in [4.78, 5) is 3.32. The molecular formula is C18H25NO2S. The van der Waals surface area contributed by atoms with Gasteiger partial charge < -0.3 is 9.47 Å². The Morgan fingerprint density at radius 3 is 2.86 bits per heavy atom. The Labute approximate surface area is 139 Å². The predicted octanol–water partition coefficient (Wildman–Crippen LogP) is 3.23. The van der Waals surface area contributed by atoms with Crippen LogP contribution in [0.2, 0.25) is 0 Å². The molecule has 1 aliphatic heterocycles. The molecule has 0 aromatic heterocycles. The summed E-state index contributed by atoms with van der Waals surface area (Å²) in [5.41, 5.74) is 0.976. The van der Waals surface area contributed by atoms with Gasteiger partial charge in [-0.25, -0.2) is 0 Å². The Kier molecular flexibility index (Phi) is 7.65. The molecule has 0 radical (unpaired) electrons. The van der Waals surface area contributed by atoms with Crippen LogP contribution in [0.3, 0.4) is 0 Å². The fraction of sp³-hybridized carbons (Fsp3) is 0.556. The number of unbranched alkanes of at least 4 members (excludes halogenated alkanes) is 1. The Balaban J connectivity index is 1.78. The van der Waals surface area contributed by atoms with Crippen LogP contribution in [0.25, 0.3) is 0 Å². The van der Waals surface area contributed by atoms with E-state index in [1.54, 1.807) is 0 Å². The average molecular weight is 319 g/mol. The van der Waals surface area contributed by atoms with Gasteiger partial charge in [0.25, 0.3) is 0 Å². The van der Waals surface area contributed by atoms with Gasteiger partial charge in [-0.1, -0.05) is 18.8 Å². The van der Waals surface area contributed by atoms with Gasteiger partial charge in [-0.15, -0.1) is 12.6 Å². The summed E-state index contributed by atoms with van der Waals surface area (Å²) < 4.78 is 11.2. The number of rotatable bonds is 6. The molecule has 4 heteroatoms. The van der Waals surface area contributed by atoms with Crippen molar-refractivity contribution in [3.05, 3.63) is 23.8 Å². The topological polar surface area (TPSA) is 21.7 Å². The highest BCUT2D eigenvalue weighted by molar-refractivity contribution is 7.80. The Morgan fingerprint density at radius 2 is 2.09 bits per heavy atom. The van der Waals surface area contributed by atoms with E-state index in [1.165, 1.54) is 0 Å². The zero-order valence-electron chi connectivity index (χ0n) is 13.3. The summed E-state index contributed by atoms with van der Waals surface area (Å²) in [5, 5.41) is 0. The highest BCUT2D eigenvalue weighted by atomic mass is 32.1. The van der Waals surface area contributed by atoms with Crippen molar-refractivity contribution in [2.45, 2.75) is 31.1 Å². The van der Waals surface area contributed by atoms with Crippen molar-refractivity contribution in [3.8, 4) is 17.6 Å². The largest absolute Gasteiger partial charge is 0.493 e. The number of benzene rings is 1. The Bertz CT molecular complexity index is 516. The van der Waals surface area contributed by atoms with E-state index in [2.05, 4.69) is 36.3 Å². The highest BCUT2D eigenvalue weighted by Crippen LogP contribution is 2.19. The number of nitrogens with zero attached hydrogens (tertiary/aromatic N) is 1. The third-order valence-electron chi connectivity index (χ3n) is 3.49. The number of ether oxygens (including phenoxy) is 2. The first-order valence-electron chi connectivity index (χ1n) is 8.04. The quantitative estimate of drug-likeness (QED) is 0.494. The molecule has 1 fully saturated rings. The third-order valence-corrected chi connectivity index (χ3v) is 3.75. The first-order valence-corrected chi connectivity index (χ1v) is 8.48. The fourth-order valence-electron chi connectivity index (χ4n) is 2.33. The van der Waals surface area contributed by atoms with Crippen LogP contribution in [0.15, 0.2) is 23.1 Å². The first kappa shape index (κ1) is 17.2. The lowest BCUT2D eigenvalue weighted by Crippen LogP contribution is -2.37. The second-order valence-corrected chi connectivity index (χ2v) is 5.94. The van der Waals surface area contributed by atoms with Crippen molar-refractivity contribution in [3.63, 3.8) is 0 Å². The van der Waals surface area contributed by atoms with E-state index in [1.807, 2.05) is 18.2 Å². The smallest absolute Gasteiger partial charge is 0.121 e. The van der Waals surface area contributed by atoms with Crippen LogP contribution in [-0.4, -0.2) is 44.4 Å². The molecule has 0 spiro atoms. The summed E-state index contributed by atoms with van der Waals surface area (Å²) >= 11 is 4.43. The molecule has 0 aliphatic carbocycles. The van der Waals surface area contributed by atoms with Crippen molar-refractivity contribution in [1.82, 2.24) is 4.90 Å². The van der Waals surface area contributed by atoms with Gasteiger partial charge in [0.15, 0.2) is 0 Å². The fourth-order valence-corrected chi connectivity index (χ4v) is 2.60. The van der Waals surface area contributed by atoms with Gasteiger partial charge >= 0.3 is 0 Å². The minimum Gasteiger partial charge on any atom is -0.493 e. The minimum absolute atomic E-state index is 0.719. The van der Waals surface area contributed by atoms with Gasteiger partial charge in [0.05, 0.1) is 19.8 Å². The number of thiol groups is 1. The second-order valence-electron chi connectivity index (χ2n) is 5.42. The van der Waals surface area contributed by atoms with Crippen molar-refractivity contribution in [1.29, 1.82) is 0 Å². The molecule has 22 heavy (non-hydrogen) atoms. The van der Waals surface area contributed by atoms with Crippen LogP contribution in [-0.2, 0) is 4.74 Å². The molecule has 1 heterocycles. The molecule has 120 valence electrons. The van der Waals surface area contributed by atoms with Crippen molar-refractivity contribution >= 4 is 12.6 Å². The normalized spacial score (nSPS) is 15.2. The van der Waals surface area contributed by atoms with Gasteiger partial charge in [0, 0.05) is 36.5 Å². The van der Waals surface area contributed by atoms with Crippen molar-refractivity contribution in [2.24, 2.45) is 0 Å². The lowest BCUT2D eigenvalue weighted by Gasteiger charge is -2.26. The van der Waals surface area contributed by atoms with E-state index in [-0.39, 0.29) is 0 Å². The number of hydrogen-bond acceptors (Lipinski definition) is 4. The van der Waals surface area contributed by atoms with E-state index in [0.29, 0.717) is 0 Å². The van der Waals surface area contributed by atoms with Gasteiger partial charge in [0.2, 0.25) is 0 Å². The summed E-state index contributed by atoms with van der Waals surface area (Å²) in [6, 6.07) is 5.92. The van der Waals surface area contributed by atoms with Gasteiger partial charge in [-0.3, -0.25) is 4.90 Å². The summed E-state index contributed by atoms with van der Waals surface area (Å²) in [7, 11) is 0. The molecule has 3 nitrogen and oxygen atoms in total. The maximum absolute atomic E-state index is 5.85. The minimum atomic E-state index is 0.719. The average Bonchev–Trinajstić information content (AvgIpc) is 2.52. The molecule has 0 unspecified atom stereocenters. The maximum atomic E-state index is 5.85. The van der Waals surface area contributed by atoms with E-state index >= 15 is 0 Å². The number of morpholine rings is 1. The van der Waals surface area contributed by atoms with Crippen LogP contribution in [0.1, 0.15) is 31.7 Å². The summed E-state index contributed by atoms with van der Waals surface area (Å²) in [5.74, 6) is 7.18. The molecule has 1 aromatic rings. The molecule has 0 saturated carbocycles. The SMILES string of the molecule is CCCC#Cc1cc(S)cc(OCCCN2CCOCC2)c1. The molecule has 1 saturated heterocycles. The Morgan fingerprint density at radius 1 is 1.27 bits per heavy atom. The molecule has 1 aromatic carbocycles. The first-order chi connectivity index (χ1) is 10.8. The van der Waals surface area contributed by atoms with Crippen molar-refractivity contribution in [2.75, 3.05) is 39.5 Å². The van der Waals surface area contributed by atoms with Crippen LogP contribution in [0.5, 0.6) is 5.75 Å². The van der Waals surface area contributed by atoms with E-state index < -0.39 is 0 Å². The second kappa shape index (κ2) is 9.78. The van der Waals surface area contributed by atoms with Crippen LogP contribution in [0, 0.1) is 11.8 Å². The zero-order chi connectivity index (χ0) is 15.6.